The first kappa shape index (κ1) is 23.8. The standard InChI is InChI=1S/C24H33NO4Si/c1-23(2,3)29-22(27)25-19(17-26)18-28-30(24(4,5)6,20-13-9-7-10-14-20)21-15-11-8-12-16-21/h7-17,19H,18H2,1-6H3,(H,25,27)/t19-/m1/s1. The van der Waals surface area contributed by atoms with Crippen molar-refractivity contribution >= 4 is 31.1 Å². The van der Waals surface area contributed by atoms with Gasteiger partial charge in [0.15, 0.2) is 0 Å². The summed E-state index contributed by atoms with van der Waals surface area (Å²) >= 11 is 0. The van der Waals surface area contributed by atoms with E-state index in [0.29, 0.717) is 6.29 Å². The summed E-state index contributed by atoms with van der Waals surface area (Å²) in [5.74, 6) is 0. The molecule has 0 spiro atoms. The highest BCUT2D eigenvalue weighted by atomic mass is 28.4. The van der Waals surface area contributed by atoms with Crippen LogP contribution in [-0.2, 0) is 14.0 Å². The van der Waals surface area contributed by atoms with E-state index < -0.39 is 26.1 Å². The average Bonchev–Trinajstić information content (AvgIpc) is 2.66. The molecule has 0 aliphatic heterocycles. The number of alkyl carbamates (subject to hydrolysis) is 1. The topological polar surface area (TPSA) is 64.6 Å². The van der Waals surface area contributed by atoms with Gasteiger partial charge in [0.05, 0.1) is 6.61 Å². The summed E-state index contributed by atoms with van der Waals surface area (Å²) in [6, 6.07) is 19.5. The lowest BCUT2D eigenvalue weighted by atomic mass is 10.2. The lowest BCUT2D eigenvalue weighted by molar-refractivity contribution is -0.110. The summed E-state index contributed by atoms with van der Waals surface area (Å²) in [5.41, 5.74) is -0.642. The second-order valence-electron chi connectivity index (χ2n) is 9.36. The third kappa shape index (κ3) is 5.80. The van der Waals surface area contributed by atoms with Gasteiger partial charge in [-0.2, -0.15) is 0 Å². The van der Waals surface area contributed by atoms with Gasteiger partial charge < -0.3 is 19.3 Å². The van der Waals surface area contributed by atoms with Gasteiger partial charge in [-0.1, -0.05) is 81.4 Å². The largest absolute Gasteiger partial charge is 0.444 e. The smallest absolute Gasteiger partial charge is 0.408 e. The van der Waals surface area contributed by atoms with E-state index in [9.17, 15) is 9.59 Å². The van der Waals surface area contributed by atoms with Crippen LogP contribution in [0.4, 0.5) is 4.79 Å². The molecular formula is C24H33NO4Si. The Morgan fingerprint density at radius 1 is 0.933 bits per heavy atom. The van der Waals surface area contributed by atoms with Gasteiger partial charge in [0, 0.05) is 0 Å². The molecule has 30 heavy (non-hydrogen) atoms. The van der Waals surface area contributed by atoms with Crippen LogP contribution < -0.4 is 15.7 Å². The van der Waals surface area contributed by atoms with E-state index in [4.69, 9.17) is 9.16 Å². The Labute approximate surface area is 180 Å². The zero-order valence-corrected chi connectivity index (χ0v) is 19.8. The highest BCUT2D eigenvalue weighted by molar-refractivity contribution is 6.99. The van der Waals surface area contributed by atoms with Gasteiger partial charge in [0.25, 0.3) is 8.32 Å². The van der Waals surface area contributed by atoms with Crippen LogP contribution in [-0.4, -0.2) is 38.9 Å². The first-order valence-electron chi connectivity index (χ1n) is 10.2. The van der Waals surface area contributed by atoms with Gasteiger partial charge in [0.1, 0.15) is 17.9 Å². The van der Waals surface area contributed by atoms with Crippen molar-refractivity contribution in [3.8, 4) is 0 Å². The van der Waals surface area contributed by atoms with Crippen molar-refractivity contribution in [3.63, 3.8) is 0 Å². The molecule has 162 valence electrons. The number of aldehydes is 1. The molecule has 1 N–H and O–H groups in total. The molecule has 0 saturated carbocycles. The molecule has 6 heteroatoms. The van der Waals surface area contributed by atoms with E-state index in [2.05, 4.69) is 50.4 Å². The number of rotatable bonds is 7. The Bertz CT molecular complexity index is 786. The predicted molar refractivity (Wildman–Crippen MR) is 123 cm³/mol. The second kappa shape index (κ2) is 9.58. The molecule has 0 aromatic heterocycles. The van der Waals surface area contributed by atoms with Crippen LogP contribution >= 0.6 is 0 Å². The molecule has 2 aromatic rings. The number of carbonyl (C=O) groups is 2. The molecule has 0 fully saturated rings. The summed E-state index contributed by atoms with van der Waals surface area (Å²) < 4.78 is 12.0. The van der Waals surface area contributed by atoms with Gasteiger partial charge in [-0.15, -0.1) is 0 Å². The second-order valence-corrected chi connectivity index (χ2v) is 13.7. The fourth-order valence-corrected chi connectivity index (χ4v) is 8.14. The van der Waals surface area contributed by atoms with Crippen molar-refractivity contribution in [1.29, 1.82) is 0 Å². The average molecular weight is 428 g/mol. The molecule has 0 saturated heterocycles. The number of hydrogen-bond acceptors (Lipinski definition) is 4. The Morgan fingerprint density at radius 2 is 1.40 bits per heavy atom. The minimum Gasteiger partial charge on any atom is -0.444 e. The number of hydrogen-bond donors (Lipinski definition) is 1. The summed E-state index contributed by atoms with van der Waals surface area (Å²) in [5, 5.41) is 4.64. The van der Waals surface area contributed by atoms with Crippen LogP contribution in [0.1, 0.15) is 41.5 Å². The van der Waals surface area contributed by atoms with E-state index in [-0.39, 0.29) is 11.6 Å². The predicted octanol–water partition coefficient (Wildman–Crippen LogP) is 3.66. The van der Waals surface area contributed by atoms with Gasteiger partial charge in [-0.05, 0) is 36.2 Å². The van der Waals surface area contributed by atoms with Crippen LogP contribution in [0.25, 0.3) is 0 Å². The third-order valence-electron chi connectivity index (χ3n) is 4.76. The Hall–Kier alpha value is -2.44. The zero-order chi connectivity index (χ0) is 22.4. The minimum atomic E-state index is -2.78. The maximum Gasteiger partial charge on any atom is 0.408 e. The molecule has 5 nitrogen and oxygen atoms in total. The first-order valence-corrected chi connectivity index (χ1v) is 12.1. The van der Waals surface area contributed by atoms with E-state index >= 15 is 0 Å². The highest BCUT2D eigenvalue weighted by Crippen LogP contribution is 2.36. The number of benzene rings is 2. The quantitative estimate of drug-likeness (QED) is 0.541. The number of carbonyl (C=O) groups excluding carboxylic acids is 2. The highest BCUT2D eigenvalue weighted by Gasteiger charge is 2.50. The normalized spacial score (nSPS) is 13.4. The zero-order valence-electron chi connectivity index (χ0n) is 18.8. The summed E-state index contributed by atoms with van der Waals surface area (Å²) in [4.78, 5) is 23.9. The summed E-state index contributed by atoms with van der Waals surface area (Å²) in [7, 11) is -2.78. The van der Waals surface area contributed by atoms with E-state index in [1.54, 1.807) is 20.8 Å². The van der Waals surface area contributed by atoms with Crippen molar-refractivity contribution in [2.24, 2.45) is 0 Å². The van der Waals surface area contributed by atoms with Crippen molar-refractivity contribution in [3.05, 3.63) is 60.7 Å². The molecule has 2 rings (SSSR count). The Morgan fingerprint density at radius 3 is 1.77 bits per heavy atom. The Balaban J connectivity index is 2.38. The van der Waals surface area contributed by atoms with Crippen molar-refractivity contribution in [2.75, 3.05) is 6.61 Å². The SMILES string of the molecule is CC(C)(C)OC(=O)N[C@H](C=O)CO[Si](c1ccccc1)(c1ccccc1)C(C)(C)C. The molecule has 0 bridgehead atoms. The molecule has 0 heterocycles. The molecular weight excluding hydrogens is 394 g/mol. The van der Waals surface area contributed by atoms with E-state index in [1.807, 2.05) is 36.4 Å². The Kier molecular flexibility index (Phi) is 7.61. The summed E-state index contributed by atoms with van der Waals surface area (Å²) in [6.07, 6.45) is 0.0625. The third-order valence-corrected chi connectivity index (χ3v) is 9.77. The molecule has 1 amide bonds. The monoisotopic (exact) mass is 427 g/mol. The van der Waals surface area contributed by atoms with Gasteiger partial charge in [-0.3, -0.25) is 0 Å². The molecule has 0 unspecified atom stereocenters. The van der Waals surface area contributed by atoms with Gasteiger partial charge in [-0.25, -0.2) is 4.79 Å². The fourth-order valence-electron chi connectivity index (χ4n) is 3.55. The number of nitrogens with one attached hydrogen (secondary N) is 1. The van der Waals surface area contributed by atoms with Crippen molar-refractivity contribution in [2.45, 2.75) is 58.2 Å². The summed E-state index contributed by atoms with van der Waals surface area (Å²) in [6.45, 7) is 11.9. The fraction of sp³-hybridized carbons (Fsp3) is 0.417. The molecule has 2 aromatic carbocycles. The molecule has 0 aliphatic rings. The van der Waals surface area contributed by atoms with Crippen LogP contribution in [0.15, 0.2) is 60.7 Å². The number of amides is 1. The molecule has 1 atom stereocenters. The first-order chi connectivity index (χ1) is 14.0. The van der Waals surface area contributed by atoms with E-state index in [1.165, 1.54) is 0 Å². The maximum atomic E-state index is 12.2. The van der Waals surface area contributed by atoms with Gasteiger partial charge >= 0.3 is 6.09 Å². The van der Waals surface area contributed by atoms with Crippen LogP contribution in [0.2, 0.25) is 5.04 Å². The van der Waals surface area contributed by atoms with Crippen LogP contribution in [0.3, 0.4) is 0 Å². The lowest BCUT2D eigenvalue weighted by Crippen LogP contribution is -2.67. The maximum absolute atomic E-state index is 12.2. The molecule has 0 radical (unpaired) electrons. The van der Waals surface area contributed by atoms with Crippen molar-refractivity contribution in [1.82, 2.24) is 5.32 Å². The molecule has 0 aliphatic carbocycles. The lowest BCUT2D eigenvalue weighted by Gasteiger charge is -2.43. The van der Waals surface area contributed by atoms with Crippen LogP contribution in [0.5, 0.6) is 0 Å². The van der Waals surface area contributed by atoms with Gasteiger partial charge in [0.2, 0.25) is 0 Å². The number of ether oxygens (including phenoxy) is 1. The van der Waals surface area contributed by atoms with Crippen LogP contribution in [0, 0.1) is 0 Å². The minimum absolute atomic E-state index is 0.0655. The van der Waals surface area contributed by atoms with E-state index in [0.717, 1.165) is 10.4 Å². The van der Waals surface area contributed by atoms with Crippen molar-refractivity contribution < 1.29 is 18.8 Å².